The van der Waals surface area contributed by atoms with Crippen molar-refractivity contribution in [2.24, 2.45) is 0 Å². The van der Waals surface area contributed by atoms with Crippen LogP contribution in [0.3, 0.4) is 0 Å². The molecular formula is C26H26N4O2S. The summed E-state index contributed by atoms with van der Waals surface area (Å²) >= 11 is 1.47. The number of nitrogens with zero attached hydrogens (tertiary/aromatic N) is 3. The van der Waals surface area contributed by atoms with E-state index in [0.717, 1.165) is 53.3 Å². The van der Waals surface area contributed by atoms with E-state index in [1.165, 1.54) is 17.8 Å². The maximum atomic E-state index is 13.0. The first-order valence-electron chi connectivity index (χ1n) is 11.2. The smallest absolute Gasteiger partial charge is 0.271 e. The number of amides is 2. The number of hydrogen-bond acceptors (Lipinski definition) is 4. The number of imidazole rings is 1. The van der Waals surface area contributed by atoms with E-state index in [9.17, 15) is 9.59 Å². The third-order valence-electron chi connectivity index (χ3n) is 5.97. The van der Waals surface area contributed by atoms with Crippen molar-refractivity contribution in [3.05, 3.63) is 76.4 Å². The maximum absolute atomic E-state index is 13.0. The number of thiazole rings is 1. The third kappa shape index (κ3) is 4.41. The minimum absolute atomic E-state index is 0.0689. The zero-order valence-electron chi connectivity index (χ0n) is 18.8. The van der Waals surface area contributed by atoms with Crippen LogP contribution >= 0.6 is 11.3 Å². The van der Waals surface area contributed by atoms with Gasteiger partial charge in [0.2, 0.25) is 0 Å². The van der Waals surface area contributed by atoms with Gasteiger partial charge in [-0.2, -0.15) is 0 Å². The van der Waals surface area contributed by atoms with E-state index < -0.39 is 0 Å². The number of hydrogen-bond donors (Lipinski definition) is 1. The zero-order valence-corrected chi connectivity index (χ0v) is 19.6. The van der Waals surface area contributed by atoms with Gasteiger partial charge in [0.25, 0.3) is 11.8 Å². The molecule has 4 aromatic rings. The third-order valence-corrected chi connectivity index (χ3v) is 6.81. The summed E-state index contributed by atoms with van der Waals surface area (Å²) in [6.07, 6.45) is 5.23. The number of nitrogens with one attached hydrogen (secondary N) is 1. The van der Waals surface area contributed by atoms with Gasteiger partial charge in [-0.3, -0.25) is 14.0 Å². The maximum Gasteiger partial charge on any atom is 0.271 e. The number of carbonyl (C=O) groups excluding carboxylic acids is 2. The number of carbonyl (C=O) groups is 2. The van der Waals surface area contributed by atoms with Gasteiger partial charge in [0.15, 0.2) is 4.96 Å². The number of fused-ring (bicyclic) bond motifs is 1. The molecular weight excluding hydrogens is 432 g/mol. The van der Waals surface area contributed by atoms with E-state index in [1.807, 2.05) is 77.2 Å². The monoisotopic (exact) mass is 458 g/mol. The predicted octanol–water partition coefficient (Wildman–Crippen LogP) is 5.56. The van der Waals surface area contributed by atoms with Gasteiger partial charge < -0.3 is 10.2 Å². The second kappa shape index (κ2) is 8.83. The standard InChI is InChI=1S/C26H26N4O2S/c1-17-11-18(2)13-20(12-17)24(31)27-21-8-6-7-19(14-21)22-15-30-23(16-33-26(30)28-22)25(32)29-9-4-3-5-10-29/h6-8,11-16H,3-5,9-10H2,1-2H3,(H,27,31). The Bertz CT molecular complexity index is 1330. The summed E-state index contributed by atoms with van der Waals surface area (Å²) in [5.74, 6) is -0.0708. The first-order chi connectivity index (χ1) is 16.0. The fourth-order valence-corrected chi connectivity index (χ4v) is 5.25. The molecule has 3 heterocycles. The van der Waals surface area contributed by atoms with Crippen molar-refractivity contribution >= 4 is 33.8 Å². The van der Waals surface area contributed by atoms with Gasteiger partial charge in [-0.15, -0.1) is 11.3 Å². The molecule has 0 saturated carbocycles. The Morgan fingerprint density at radius 2 is 1.76 bits per heavy atom. The first-order valence-corrected chi connectivity index (χ1v) is 12.1. The highest BCUT2D eigenvalue weighted by molar-refractivity contribution is 7.15. The first kappa shape index (κ1) is 21.4. The molecule has 0 bridgehead atoms. The number of piperidine rings is 1. The quantitative estimate of drug-likeness (QED) is 0.435. The molecule has 2 aromatic heterocycles. The molecule has 6 nitrogen and oxygen atoms in total. The highest BCUT2D eigenvalue weighted by atomic mass is 32.1. The molecule has 0 unspecified atom stereocenters. The fourth-order valence-electron chi connectivity index (χ4n) is 4.40. The van der Waals surface area contributed by atoms with Gasteiger partial charge in [0.05, 0.1) is 5.69 Å². The van der Waals surface area contributed by atoms with Gasteiger partial charge in [-0.05, 0) is 57.4 Å². The highest BCUT2D eigenvalue weighted by Crippen LogP contribution is 2.27. The summed E-state index contributed by atoms with van der Waals surface area (Å²) in [7, 11) is 0. The van der Waals surface area contributed by atoms with E-state index in [4.69, 9.17) is 4.98 Å². The Balaban J connectivity index is 1.39. The Kier molecular flexibility index (Phi) is 5.72. The Labute approximate surface area is 196 Å². The molecule has 168 valence electrons. The second-order valence-corrected chi connectivity index (χ2v) is 9.50. The minimum Gasteiger partial charge on any atom is -0.337 e. The van der Waals surface area contributed by atoms with Crippen molar-refractivity contribution in [2.45, 2.75) is 33.1 Å². The van der Waals surface area contributed by atoms with Crippen molar-refractivity contribution in [1.29, 1.82) is 0 Å². The highest BCUT2D eigenvalue weighted by Gasteiger charge is 2.22. The lowest BCUT2D eigenvalue weighted by molar-refractivity contribution is 0.0717. The van der Waals surface area contributed by atoms with E-state index >= 15 is 0 Å². The van der Waals surface area contributed by atoms with Crippen LogP contribution < -0.4 is 5.32 Å². The molecule has 1 aliphatic heterocycles. The van der Waals surface area contributed by atoms with Crippen molar-refractivity contribution in [2.75, 3.05) is 18.4 Å². The summed E-state index contributed by atoms with van der Waals surface area (Å²) in [4.78, 5) is 33.2. The van der Waals surface area contributed by atoms with Gasteiger partial charge in [-0.25, -0.2) is 4.98 Å². The fraction of sp³-hybridized carbons (Fsp3) is 0.269. The summed E-state index contributed by atoms with van der Waals surface area (Å²) < 4.78 is 1.89. The van der Waals surface area contributed by atoms with Crippen molar-refractivity contribution in [1.82, 2.24) is 14.3 Å². The topological polar surface area (TPSA) is 66.7 Å². The Morgan fingerprint density at radius 3 is 2.52 bits per heavy atom. The molecule has 2 amide bonds. The zero-order chi connectivity index (χ0) is 22.9. The number of aryl methyl sites for hydroxylation is 2. The van der Waals surface area contributed by atoms with Crippen LogP contribution in [0.1, 0.15) is 51.2 Å². The van der Waals surface area contributed by atoms with Crippen LogP contribution in [-0.4, -0.2) is 39.2 Å². The van der Waals surface area contributed by atoms with Gasteiger partial charge in [0.1, 0.15) is 5.69 Å². The average Bonchev–Trinajstić information content (AvgIpc) is 3.40. The summed E-state index contributed by atoms with van der Waals surface area (Å²) in [5, 5.41) is 4.88. The minimum atomic E-state index is -0.140. The molecule has 7 heteroatoms. The molecule has 0 atom stereocenters. The molecule has 33 heavy (non-hydrogen) atoms. The van der Waals surface area contributed by atoms with Crippen LogP contribution in [0.25, 0.3) is 16.2 Å². The average molecular weight is 459 g/mol. The lowest BCUT2D eigenvalue weighted by atomic mass is 10.1. The van der Waals surface area contributed by atoms with Crippen LogP contribution in [0.4, 0.5) is 5.69 Å². The van der Waals surface area contributed by atoms with E-state index in [-0.39, 0.29) is 11.8 Å². The number of likely N-dealkylation sites (tertiary alicyclic amines) is 1. The Morgan fingerprint density at radius 1 is 1.00 bits per heavy atom. The van der Waals surface area contributed by atoms with Crippen molar-refractivity contribution < 1.29 is 9.59 Å². The van der Waals surface area contributed by atoms with E-state index in [2.05, 4.69) is 5.32 Å². The largest absolute Gasteiger partial charge is 0.337 e. The second-order valence-electron chi connectivity index (χ2n) is 8.66. The number of aromatic nitrogens is 2. The molecule has 1 saturated heterocycles. The van der Waals surface area contributed by atoms with Gasteiger partial charge >= 0.3 is 0 Å². The number of anilines is 1. The molecule has 5 rings (SSSR count). The molecule has 0 radical (unpaired) electrons. The Hall–Kier alpha value is -3.45. The summed E-state index contributed by atoms with van der Waals surface area (Å²) in [6, 6.07) is 13.5. The van der Waals surface area contributed by atoms with Crippen LogP contribution in [0.5, 0.6) is 0 Å². The molecule has 1 fully saturated rings. The molecule has 0 aliphatic carbocycles. The van der Waals surface area contributed by atoms with Gasteiger partial charge in [-0.1, -0.05) is 29.3 Å². The molecule has 2 aromatic carbocycles. The molecule has 1 aliphatic rings. The van der Waals surface area contributed by atoms with Gasteiger partial charge in [0, 0.05) is 41.5 Å². The summed E-state index contributed by atoms with van der Waals surface area (Å²) in [6.45, 7) is 5.61. The lowest BCUT2D eigenvalue weighted by Gasteiger charge is -2.26. The van der Waals surface area contributed by atoms with Crippen molar-refractivity contribution in [3.8, 4) is 11.3 Å². The van der Waals surface area contributed by atoms with Crippen LogP contribution in [-0.2, 0) is 0 Å². The van der Waals surface area contributed by atoms with E-state index in [0.29, 0.717) is 16.9 Å². The molecule has 0 spiro atoms. The van der Waals surface area contributed by atoms with Crippen molar-refractivity contribution in [3.63, 3.8) is 0 Å². The lowest BCUT2D eigenvalue weighted by Crippen LogP contribution is -2.36. The van der Waals surface area contributed by atoms with Crippen LogP contribution in [0, 0.1) is 13.8 Å². The normalized spacial score (nSPS) is 13.9. The van der Waals surface area contributed by atoms with Crippen LogP contribution in [0.2, 0.25) is 0 Å². The number of rotatable bonds is 4. The molecule has 1 N–H and O–H groups in total. The number of benzene rings is 2. The van der Waals surface area contributed by atoms with Crippen LogP contribution in [0.15, 0.2) is 54.0 Å². The predicted molar refractivity (Wildman–Crippen MR) is 132 cm³/mol. The summed E-state index contributed by atoms with van der Waals surface area (Å²) in [5.41, 5.74) is 5.79. The SMILES string of the molecule is Cc1cc(C)cc(C(=O)Nc2cccc(-c3cn4c(C(=O)N5CCCCC5)csc4n3)c2)c1. The van der Waals surface area contributed by atoms with E-state index in [1.54, 1.807) is 0 Å².